The predicted octanol–water partition coefficient (Wildman–Crippen LogP) is 6.19. The molecule has 2 heterocycles. The zero-order chi connectivity index (χ0) is 21.3. The van der Waals surface area contributed by atoms with Crippen molar-refractivity contribution in [2.45, 2.75) is 42.0 Å². The number of amides is 1. The van der Waals surface area contributed by atoms with Crippen molar-refractivity contribution in [2.75, 3.05) is 10.7 Å². The van der Waals surface area contributed by atoms with Gasteiger partial charge in [-0.25, -0.2) is 4.98 Å². The highest BCUT2D eigenvalue weighted by Gasteiger charge is 2.27. The van der Waals surface area contributed by atoms with E-state index in [2.05, 4.69) is 11.1 Å². The quantitative estimate of drug-likeness (QED) is 0.461. The van der Waals surface area contributed by atoms with Gasteiger partial charge < -0.3 is 0 Å². The van der Waals surface area contributed by atoms with Gasteiger partial charge in [-0.15, -0.1) is 11.8 Å². The summed E-state index contributed by atoms with van der Waals surface area (Å²) in [7, 11) is 0. The number of benzene rings is 2. The Morgan fingerprint density at radius 3 is 2.23 bits per heavy atom. The summed E-state index contributed by atoms with van der Waals surface area (Å²) in [5.74, 6) is 0.609. The van der Waals surface area contributed by atoms with Crippen LogP contribution >= 0.6 is 23.5 Å². The monoisotopic (exact) mass is 431 g/mol. The number of rotatable bonds is 4. The molecule has 1 amide bonds. The number of nitrogens with zero attached hydrogens (tertiary/aromatic N) is 3. The van der Waals surface area contributed by atoms with Crippen LogP contribution in [0.25, 0.3) is 0 Å². The fourth-order valence-electron chi connectivity index (χ4n) is 3.47. The SMILES string of the molecule is Cc1nc(SCCC(=O)N2c3ccccc3Sc3ccccc32)c(C#N)c(C)c1C. The molecule has 0 saturated carbocycles. The summed E-state index contributed by atoms with van der Waals surface area (Å²) in [5, 5.41) is 10.3. The Bertz CT molecular complexity index is 1140. The summed E-state index contributed by atoms with van der Waals surface area (Å²) in [6.45, 7) is 5.90. The first-order valence-electron chi connectivity index (χ1n) is 9.71. The Hall–Kier alpha value is -2.75. The summed E-state index contributed by atoms with van der Waals surface area (Å²) in [6, 6.07) is 18.3. The fraction of sp³-hybridized carbons (Fsp3) is 0.208. The molecule has 0 unspecified atom stereocenters. The topological polar surface area (TPSA) is 57.0 Å². The van der Waals surface area contributed by atoms with Crippen LogP contribution in [-0.4, -0.2) is 16.6 Å². The number of aryl methyl sites for hydroxylation is 1. The molecule has 0 saturated heterocycles. The number of anilines is 2. The lowest BCUT2D eigenvalue weighted by atomic mass is 10.1. The lowest BCUT2D eigenvalue weighted by molar-refractivity contribution is -0.117. The number of fused-ring (bicyclic) bond motifs is 2. The molecule has 2 aromatic carbocycles. The van der Waals surface area contributed by atoms with Crippen molar-refractivity contribution in [3.63, 3.8) is 0 Å². The number of pyridine rings is 1. The molecule has 4 rings (SSSR count). The smallest absolute Gasteiger partial charge is 0.232 e. The van der Waals surface area contributed by atoms with E-state index in [1.54, 1.807) is 11.8 Å². The molecule has 1 aliphatic rings. The average Bonchev–Trinajstić information content (AvgIpc) is 2.76. The predicted molar refractivity (Wildman–Crippen MR) is 123 cm³/mol. The molecule has 30 heavy (non-hydrogen) atoms. The number of hydrogen-bond donors (Lipinski definition) is 0. The number of carbonyl (C=O) groups is 1. The number of carbonyl (C=O) groups excluding carboxylic acids is 1. The third-order valence-electron chi connectivity index (χ3n) is 5.31. The van der Waals surface area contributed by atoms with Crippen molar-refractivity contribution in [3.8, 4) is 6.07 Å². The molecule has 1 aliphatic heterocycles. The van der Waals surface area contributed by atoms with Gasteiger partial charge in [-0.1, -0.05) is 36.0 Å². The normalized spacial score (nSPS) is 12.1. The number of hydrogen-bond acceptors (Lipinski definition) is 5. The molecular formula is C24H21N3OS2. The van der Waals surface area contributed by atoms with Crippen LogP contribution in [0.3, 0.4) is 0 Å². The summed E-state index contributed by atoms with van der Waals surface area (Å²) in [6.07, 6.45) is 0.358. The van der Waals surface area contributed by atoms with Gasteiger partial charge in [0.05, 0.1) is 16.9 Å². The first kappa shape index (κ1) is 20.5. The van der Waals surface area contributed by atoms with Crippen molar-refractivity contribution in [3.05, 3.63) is 70.9 Å². The van der Waals surface area contributed by atoms with Crippen molar-refractivity contribution >= 4 is 40.8 Å². The lowest BCUT2D eigenvalue weighted by Crippen LogP contribution is -2.28. The number of para-hydroxylation sites is 2. The van der Waals surface area contributed by atoms with Gasteiger partial charge in [0.25, 0.3) is 0 Å². The highest BCUT2D eigenvalue weighted by molar-refractivity contribution is 7.99. The van der Waals surface area contributed by atoms with E-state index in [4.69, 9.17) is 0 Å². The molecule has 6 heteroatoms. The van der Waals surface area contributed by atoms with E-state index in [1.165, 1.54) is 11.8 Å². The molecule has 0 fully saturated rings. The molecule has 0 radical (unpaired) electrons. The van der Waals surface area contributed by atoms with Gasteiger partial charge in [0.15, 0.2) is 0 Å². The molecule has 4 nitrogen and oxygen atoms in total. The Kier molecular flexibility index (Phi) is 5.85. The fourth-order valence-corrected chi connectivity index (χ4v) is 5.54. The van der Waals surface area contributed by atoms with Gasteiger partial charge in [-0.05, 0) is 56.2 Å². The van der Waals surface area contributed by atoms with Gasteiger partial charge in [0, 0.05) is 27.7 Å². The van der Waals surface area contributed by atoms with E-state index in [0.29, 0.717) is 22.8 Å². The van der Waals surface area contributed by atoms with Crippen LogP contribution in [0.4, 0.5) is 11.4 Å². The highest BCUT2D eigenvalue weighted by atomic mass is 32.2. The third-order valence-corrected chi connectivity index (χ3v) is 7.42. The van der Waals surface area contributed by atoms with E-state index in [-0.39, 0.29) is 5.91 Å². The maximum atomic E-state index is 13.3. The lowest BCUT2D eigenvalue weighted by Gasteiger charge is -2.31. The van der Waals surface area contributed by atoms with Crippen LogP contribution < -0.4 is 4.90 Å². The molecule has 1 aromatic heterocycles. The van der Waals surface area contributed by atoms with Crippen LogP contribution in [0.5, 0.6) is 0 Å². The maximum absolute atomic E-state index is 13.3. The second-order valence-electron chi connectivity index (χ2n) is 7.10. The van der Waals surface area contributed by atoms with E-state index < -0.39 is 0 Å². The van der Waals surface area contributed by atoms with Crippen molar-refractivity contribution < 1.29 is 4.79 Å². The minimum atomic E-state index is 0.0433. The zero-order valence-corrected chi connectivity index (χ0v) is 18.7. The standard InChI is InChI=1S/C24H21N3OS2/c1-15-16(2)18(14-25)24(26-17(15)3)29-13-12-23(28)27-19-8-4-6-10-21(19)30-22-11-7-5-9-20(22)27/h4-11H,12-13H2,1-3H3. The summed E-state index contributed by atoms with van der Waals surface area (Å²) in [4.78, 5) is 21.9. The highest BCUT2D eigenvalue weighted by Crippen LogP contribution is 2.48. The average molecular weight is 432 g/mol. The van der Waals surface area contributed by atoms with Gasteiger partial charge in [0.1, 0.15) is 11.1 Å². The van der Waals surface area contributed by atoms with E-state index in [0.717, 1.165) is 38.0 Å². The second kappa shape index (κ2) is 8.55. The van der Waals surface area contributed by atoms with Gasteiger partial charge in [-0.3, -0.25) is 9.69 Å². The zero-order valence-electron chi connectivity index (χ0n) is 17.1. The molecule has 0 aliphatic carbocycles. The van der Waals surface area contributed by atoms with Crippen LogP contribution in [-0.2, 0) is 4.79 Å². The van der Waals surface area contributed by atoms with Crippen LogP contribution in [0.2, 0.25) is 0 Å². The minimum absolute atomic E-state index is 0.0433. The number of nitriles is 1. The number of thioether (sulfide) groups is 1. The van der Waals surface area contributed by atoms with Gasteiger partial charge in [0.2, 0.25) is 5.91 Å². The van der Waals surface area contributed by atoms with E-state index in [1.807, 2.05) is 74.2 Å². The summed E-state index contributed by atoms with van der Waals surface area (Å²) >= 11 is 3.17. The molecule has 0 atom stereocenters. The van der Waals surface area contributed by atoms with Gasteiger partial charge >= 0.3 is 0 Å². The van der Waals surface area contributed by atoms with Gasteiger partial charge in [-0.2, -0.15) is 5.26 Å². The largest absolute Gasteiger partial charge is 0.279 e. The molecule has 0 bridgehead atoms. The van der Waals surface area contributed by atoms with Crippen molar-refractivity contribution in [2.24, 2.45) is 0 Å². The molecular weight excluding hydrogens is 410 g/mol. The molecule has 0 N–H and O–H groups in total. The van der Waals surface area contributed by atoms with Crippen LogP contribution in [0.15, 0.2) is 63.3 Å². The van der Waals surface area contributed by atoms with E-state index >= 15 is 0 Å². The van der Waals surface area contributed by atoms with Crippen LogP contribution in [0.1, 0.15) is 28.8 Å². The number of aromatic nitrogens is 1. The van der Waals surface area contributed by atoms with Crippen molar-refractivity contribution in [1.29, 1.82) is 5.26 Å². The molecule has 0 spiro atoms. The van der Waals surface area contributed by atoms with E-state index in [9.17, 15) is 10.1 Å². The van der Waals surface area contributed by atoms with Crippen molar-refractivity contribution in [1.82, 2.24) is 4.98 Å². The summed E-state index contributed by atoms with van der Waals surface area (Å²) < 4.78 is 0. The molecule has 150 valence electrons. The first-order valence-corrected chi connectivity index (χ1v) is 11.5. The van der Waals surface area contributed by atoms with Crippen LogP contribution in [0, 0.1) is 32.1 Å². The first-order chi connectivity index (χ1) is 14.5. The Labute approximate surface area is 185 Å². The maximum Gasteiger partial charge on any atom is 0.232 e. The molecule has 3 aromatic rings. The minimum Gasteiger partial charge on any atom is -0.279 e. The third kappa shape index (κ3) is 3.71. The Balaban J connectivity index is 1.56. The Morgan fingerprint density at radius 2 is 1.63 bits per heavy atom. The second-order valence-corrected chi connectivity index (χ2v) is 9.27. The summed E-state index contributed by atoms with van der Waals surface area (Å²) in [5.41, 5.74) is 5.40. The Morgan fingerprint density at radius 1 is 1.03 bits per heavy atom.